The van der Waals surface area contributed by atoms with Crippen LogP contribution >= 0.6 is 0 Å². The van der Waals surface area contributed by atoms with Crippen LogP contribution in [0.3, 0.4) is 0 Å². The Morgan fingerprint density at radius 3 is 1.80 bits per heavy atom. The van der Waals surface area contributed by atoms with Crippen LogP contribution in [0.1, 0.15) is 35.2 Å². The number of benzene rings is 1. The minimum atomic E-state index is -5.59. The van der Waals surface area contributed by atoms with Crippen LogP contribution in [0.4, 0.5) is 22.0 Å². The lowest BCUT2D eigenvalue weighted by molar-refractivity contribution is -0.294. The summed E-state index contributed by atoms with van der Waals surface area (Å²) in [4.78, 5) is 0. The van der Waals surface area contributed by atoms with E-state index in [9.17, 15) is 22.0 Å². The Hall–Kier alpha value is -1.17. The maximum Gasteiger partial charge on any atom is 0.455 e. The van der Waals surface area contributed by atoms with E-state index in [0.717, 1.165) is 5.56 Å². The standard InChI is InChI=1S/C14H18F5N/c1-5-20-12(13(15,16)14(17,18)19)11-9(3)6-8(2)7-10(11)4/h6-7,12,20H,5H2,1-4H3. The van der Waals surface area contributed by atoms with Crippen molar-refractivity contribution in [3.63, 3.8) is 0 Å². The van der Waals surface area contributed by atoms with Gasteiger partial charge in [0.05, 0.1) is 0 Å². The van der Waals surface area contributed by atoms with E-state index in [2.05, 4.69) is 5.32 Å². The van der Waals surface area contributed by atoms with Crippen LogP contribution in [-0.4, -0.2) is 18.6 Å². The van der Waals surface area contributed by atoms with Gasteiger partial charge in [-0.1, -0.05) is 24.6 Å². The molecule has 0 amide bonds. The van der Waals surface area contributed by atoms with Crippen molar-refractivity contribution in [3.8, 4) is 0 Å². The molecule has 0 heterocycles. The summed E-state index contributed by atoms with van der Waals surface area (Å²) in [6, 6.07) is 1.14. The fourth-order valence-electron chi connectivity index (χ4n) is 2.43. The summed E-state index contributed by atoms with van der Waals surface area (Å²) in [7, 11) is 0. The lowest BCUT2D eigenvalue weighted by Crippen LogP contribution is -2.48. The lowest BCUT2D eigenvalue weighted by atomic mass is 9.90. The van der Waals surface area contributed by atoms with Crippen molar-refractivity contribution >= 4 is 0 Å². The third-order valence-electron chi connectivity index (χ3n) is 3.18. The van der Waals surface area contributed by atoms with E-state index in [0.29, 0.717) is 11.1 Å². The Morgan fingerprint density at radius 2 is 1.45 bits per heavy atom. The van der Waals surface area contributed by atoms with Gasteiger partial charge in [-0.3, -0.25) is 0 Å². The molecule has 0 aliphatic carbocycles. The average Bonchev–Trinajstić information content (AvgIpc) is 2.24. The van der Waals surface area contributed by atoms with Gasteiger partial charge in [-0.25, -0.2) is 0 Å². The molecule has 0 aromatic heterocycles. The van der Waals surface area contributed by atoms with Gasteiger partial charge in [-0.05, 0) is 44.0 Å². The second-order valence-corrected chi connectivity index (χ2v) is 4.92. The van der Waals surface area contributed by atoms with Crippen LogP contribution in [0.25, 0.3) is 0 Å². The number of rotatable bonds is 4. The molecule has 1 rings (SSSR count). The topological polar surface area (TPSA) is 12.0 Å². The fraction of sp³-hybridized carbons (Fsp3) is 0.571. The first kappa shape index (κ1) is 16.9. The molecule has 6 heteroatoms. The van der Waals surface area contributed by atoms with Crippen molar-refractivity contribution in [2.75, 3.05) is 6.54 Å². The predicted molar refractivity (Wildman–Crippen MR) is 68.1 cm³/mol. The largest absolute Gasteiger partial charge is 0.455 e. The van der Waals surface area contributed by atoms with Gasteiger partial charge in [0, 0.05) is 0 Å². The number of halogens is 5. The molecule has 0 bridgehead atoms. The molecule has 0 aliphatic heterocycles. The smallest absolute Gasteiger partial charge is 0.305 e. The minimum Gasteiger partial charge on any atom is -0.305 e. The van der Waals surface area contributed by atoms with Crippen molar-refractivity contribution < 1.29 is 22.0 Å². The number of alkyl halides is 5. The van der Waals surface area contributed by atoms with Crippen molar-refractivity contribution in [3.05, 3.63) is 34.4 Å². The Balaban J connectivity index is 3.43. The highest BCUT2D eigenvalue weighted by Crippen LogP contribution is 2.45. The number of nitrogens with one attached hydrogen (secondary N) is 1. The highest BCUT2D eigenvalue weighted by Gasteiger charge is 2.62. The van der Waals surface area contributed by atoms with Crippen molar-refractivity contribution in [1.29, 1.82) is 0 Å². The molecule has 0 radical (unpaired) electrons. The zero-order valence-electron chi connectivity index (χ0n) is 11.8. The van der Waals surface area contributed by atoms with Gasteiger partial charge < -0.3 is 5.32 Å². The zero-order valence-corrected chi connectivity index (χ0v) is 11.8. The summed E-state index contributed by atoms with van der Waals surface area (Å²) in [5, 5.41) is 2.28. The Morgan fingerprint density at radius 1 is 1.00 bits per heavy atom. The summed E-state index contributed by atoms with van der Waals surface area (Å²) >= 11 is 0. The van der Waals surface area contributed by atoms with Crippen molar-refractivity contribution in [2.45, 2.75) is 45.8 Å². The Bertz CT molecular complexity index is 456. The molecule has 1 aromatic rings. The molecule has 1 atom stereocenters. The lowest BCUT2D eigenvalue weighted by Gasteiger charge is -2.31. The molecular weight excluding hydrogens is 277 g/mol. The average molecular weight is 295 g/mol. The first-order chi connectivity index (χ1) is 9.02. The molecule has 0 saturated heterocycles. The van der Waals surface area contributed by atoms with Gasteiger partial charge in [-0.2, -0.15) is 22.0 Å². The maximum absolute atomic E-state index is 13.7. The van der Waals surface area contributed by atoms with Crippen molar-refractivity contribution in [2.24, 2.45) is 0 Å². The highest BCUT2D eigenvalue weighted by molar-refractivity contribution is 5.41. The molecule has 1 aromatic carbocycles. The van der Waals surface area contributed by atoms with E-state index in [1.54, 1.807) is 32.9 Å². The molecular formula is C14H18F5N. The Labute approximate surface area is 115 Å². The van der Waals surface area contributed by atoms with Crippen LogP contribution in [0.5, 0.6) is 0 Å². The van der Waals surface area contributed by atoms with E-state index >= 15 is 0 Å². The van der Waals surface area contributed by atoms with Crippen LogP contribution in [0, 0.1) is 20.8 Å². The SMILES string of the molecule is CCNC(c1c(C)cc(C)cc1C)C(F)(F)C(F)(F)F. The highest BCUT2D eigenvalue weighted by atomic mass is 19.4. The summed E-state index contributed by atoms with van der Waals surface area (Å²) in [5.41, 5.74) is 1.70. The summed E-state index contributed by atoms with van der Waals surface area (Å²) < 4.78 is 65.4. The predicted octanol–water partition coefficient (Wildman–Crippen LogP) is 4.46. The minimum absolute atomic E-state index is 0.0137. The van der Waals surface area contributed by atoms with E-state index in [4.69, 9.17) is 0 Å². The quantitative estimate of drug-likeness (QED) is 0.809. The van der Waals surface area contributed by atoms with Gasteiger partial charge in [0.2, 0.25) is 0 Å². The van der Waals surface area contributed by atoms with E-state index in [-0.39, 0.29) is 12.1 Å². The molecule has 0 saturated carbocycles. The van der Waals surface area contributed by atoms with Crippen LogP contribution in [0.15, 0.2) is 12.1 Å². The second-order valence-electron chi connectivity index (χ2n) is 4.92. The second kappa shape index (κ2) is 5.68. The maximum atomic E-state index is 13.7. The third-order valence-corrected chi connectivity index (χ3v) is 3.18. The number of aryl methyl sites for hydroxylation is 3. The molecule has 0 fully saturated rings. The fourth-order valence-corrected chi connectivity index (χ4v) is 2.43. The number of hydrogen-bond donors (Lipinski definition) is 1. The van der Waals surface area contributed by atoms with E-state index in [1.807, 2.05) is 0 Å². The van der Waals surface area contributed by atoms with E-state index < -0.39 is 18.1 Å². The zero-order chi connectivity index (χ0) is 15.7. The molecule has 20 heavy (non-hydrogen) atoms. The summed E-state index contributed by atoms with van der Waals surface area (Å²) in [5.74, 6) is -4.83. The van der Waals surface area contributed by atoms with Crippen molar-refractivity contribution in [1.82, 2.24) is 5.32 Å². The summed E-state index contributed by atoms with van der Waals surface area (Å²) in [6.07, 6.45) is -5.59. The van der Waals surface area contributed by atoms with Crippen LogP contribution < -0.4 is 5.32 Å². The van der Waals surface area contributed by atoms with Gasteiger partial charge in [0.25, 0.3) is 0 Å². The number of hydrogen-bond acceptors (Lipinski definition) is 1. The Kier molecular flexibility index (Phi) is 4.79. The molecule has 0 spiro atoms. The molecule has 114 valence electrons. The normalized spacial score (nSPS) is 14.4. The van der Waals surface area contributed by atoms with Gasteiger partial charge in [0.1, 0.15) is 6.04 Å². The molecule has 1 unspecified atom stereocenters. The molecule has 1 nitrogen and oxygen atoms in total. The van der Waals surface area contributed by atoms with E-state index in [1.165, 1.54) is 6.92 Å². The first-order valence-electron chi connectivity index (χ1n) is 6.28. The van der Waals surface area contributed by atoms with Gasteiger partial charge >= 0.3 is 12.1 Å². The van der Waals surface area contributed by atoms with Gasteiger partial charge in [-0.15, -0.1) is 0 Å². The van der Waals surface area contributed by atoms with Crippen LogP contribution in [-0.2, 0) is 0 Å². The third kappa shape index (κ3) is 3.11. The molecule has 1 N–H and O–H groups in total. The van der Waals surface area contributed by atoms with Crippen LogP contribution in [0.2, 0.25) is 0 Å². The van der Waals surface area contributed by atoms with Gasteiger partial charge in [0.15, 0.2) is 0 Å². The first-order valence-corrected chi connectivity index (χ1v) is 6.28. The monoisotopic (exact) mass is 295 g/mol. The summed E-state index contributed by atoms with van der Waals surface area (Å²) in [6.45, 7) is 6.38. The molecule has 0 aliphatic rings.